The third-order valence-electron chi connectivity index (χ3n) is 2.21. The van der Waals surface area contributed by atoms with Crippen LogP contribution < -0.4 is 10.1 Å². The zero-order valence-electron chi connectivity index (χ0n) is 10.6. The van der Waals surface area contributed by atoms with Crippen molar-refractivity contribution in [2.24, 2.45) is 0 Å². The van der Waals surface area contributed by atoms with E-state index in [1.165, 1.54) is 0 Å². The second-order valence-corrected chi connectivity index (χ2v) is 3.91. The summed E-state index contributed by atoms with van der Waals surface area (Å²) in [4.78, 5) is 33.7. The molecular formula is C12H10F3NO5. The number of hydrogen-bond donors (Lipinski definition) is 2. The Bertz CT molecular complexity index is 570. The lowest BCUT2D eigenvalue weighted by molar-refractivity contribution is -0.274. The van der Waals surface area contributed by atoms with Crippen molar-refractivity contribution >= 4 is 17.7 Å². The number of Topliss-reactive ketones (excluding diaryl/α,β-unsaturated/α-hetero) is 1. The Labute approximate surface area is 116 Å². The minimum absolute atomic E-state index is 0.335. The summed E-state index contributed by atoms with van der Waals surface area (Å²) in [5.41, 5.74) is -0.335. The van der Waals surface area contributed by atoms with Crippen LogP contribution in [-0.2, 0) is 9.59 Å². The molecule has 0 saturated carbocycles. The van der Waals surface area contributed by atoms with Gasteiger partial charge in [-0.1, -0.05) is 12.1 Å². The molecule has 1 aromatic carbocycles. The molecule has 21 heavy (non-hydrogen) atoms. The van der Waals surface area contributed by atoms with Gasteiger partial charge in [0.1, 0.15) is 5.75 Å². The van der Waals surface area contributed by atoms with E-state index < -0.39 is 35.8 Å². The number of hydrogen-bond acceptors (Lipinski definition) is 4. The lowest BCUT2D eigenvalue weighted by Gasteiger charge is -2.13. The van der Waals surface area contributed by atoms with Gasteiger partial charge in [0, 0.05) is 12.5 Å². The SMILES string of the molecule is CC(=O)NC(C(=O)O)C(=O)c1cccc(OC(F)(F)F)c1. The Hall–Kier alpha value is -2.58. The smallest absolute Gasteiger partial charge is 0.479 e. The van der Waals surface area contributed by atoms with Crippen LogP contribution >= 0.6 is 0 Å². The Morgan fingerprint density at radius 3 is 2.38 bits per heavy atom. The summed E-state index contributed by atoms with van der Waals surface area (Å²) < 4.78 is 39.9. The van der Waals surface area contributed by atoms with Crippen molar-refractivity contribution < 1.29 is 37.4 Å². The normalized spacial score (nSPS) is 12.4. The Kier molecular flexibility index (Phi) is 4.90. The molecule has 9 heteroatoms. The monoisotopic (exact) mass is 305 g/mol. The highest BCUT2D eigenvalue weighted by Crippen LogP contribution is 2.23. The fourth-order valence-corrected chi connectivity index (χ4v) is 1.46. The zero-order chi connectivity index (χ0) is 16.2. The van der Waals surface area contributed by atoms with Crippen molar-refractivity contribution in [3.05, 3.63) is 29.8 Å². The molecule has 0 aliphatic carbocycles. The van der Waals surface area contributed by atoms with Crippen molar-refractivity contribution in [3.63, 3.8) is 0 Å². The number of aliphatic carboxylic acids is 1. The molecule has 1 amide bonds. The van der Waals surface area contributed by atoms with Gasteiger partial charge in [0.05, 0.1) is 0 Å². The topological polar surface area (TPSA) is 92.7 Å². The molecule has 1 atom stereocenters. The van der Waals surface area contributed by atoms with E-state index >= 15 is 0 Å². The van der Waals surface area contributed by atoms with Crippen molar-refractivity contribution in [2.75, 3.05) is 0 Å². The highest BCUT2D eigenvalue weighted by atomic mass is 19.4. The minimum atomic E-state index is -4.94. The van der Waals surface area contributed by atoms with Gasteiger partial charge in [0.15, 0.2) is 11.8 Å². The Morgan fingerprint density at radius 1 is 1.29 bits per heavy atom. The summed E-state index contributed by atoms with van der Waals surface area (Å²) in [6.45, 7) is 1.01. The number of carboxylic acids is 1. The number of rotatable bonds is 5. The molecule has 0 aliphatic heterocycles. The van der Waals surface area contributed by atoms with E-state index in [1.807, 2.05) is 5.32 Å². The van der Waals surface area contributed by atoms with Crippen LogP contribution in [0.25, 0.3) is 0 Å². The van der Waals surface area contributed by atoms with E-state index in [1.54, 1.807) is 0 Å². The molecule has 0 spiro atoms. The van der Waals surface area contributed by atoms with E-state index in [0.29, 0.717) is 0 Å². The number of amides is 1. The number of nitrogens with one attached hydrogen (secondary N) is 1. The molecule has 2 N–H and O–H groups in total. The lowest BCUT2D eigenvalue weighted by atomic mass is 10.0. The number of carbonyl (C=O) groups is 3. The standard InChI is InChI=1S/C12H10F3NO5/c1-6(17)16-9(11(19)20)10(18)7-3-2-4-8(5-7)21-12(13,14)15/h2-5,9H,1H3,(H,16,17)(H,19,20). The van der Waals surface area contributed by atoms with Crippen LogP contribution in [0.4, 0.5) is 13.2 Å². The van der Waals surface area contributed by atoms with Crippen LogP contribution in [0.3, 0.4) is 0 Å². The van der Waals surface area contributed by atoms with E-state index in [-0.39, 0.29) is 5.56 Å². The van der Waals surface area contributed by atoms with Gasteiger partial charge >= 0.3 is 12.3 Å². The maximum absolute atomic E-state index is 12.1. The van der Waals surface area contributed by atoms with Crippen LogP contribution in [-0.4, -0.2) is 35.2 Å². The summed E-state index contributed by atoms with van der Waals surface area (Å²) in [6, 6.07) is 2.03. The van der Waals surface area contributed by atoms with Crippen LogP contribution in [0.15, 0.2) is 24.3 Å². The Morgan fingerprint density at radius 2 is 1.90 bits per heavy atom. The van der Waals surface area contributed by atoms with Crippen LogP contribution in [0.1, 0.15) is 17.3 Å². The fraction of sp³-hybridized carbons (Fsp3) is 0.250. The van der Waals surface area contributed by atoms with E-state index in [9.17, 15) is 27.6 Å². The predicted octanol–water partition coefficient (Wildman–Crippen LogP) is 1.36. The van der Waals surface area contributed by atoms with E-state index in [2.05, 4.69) is 4.74 Å². The molecule has 1 unspecified atom stereocenters. The van der Waals surface area contributed by atoms with Crippen molar-refractivity contribution in [3.8, 4) is 5.75 Å². The highest BCUT2D eigenvalue weighted by Gasteiger charge is 2.32. The first-order chi connectivity index (χ1) is 9.60. The molecule has 0 heterocycles. The first-order valence-electron chi connectivity index (χ1n) is 5.50. The Balaban J connectivity index is 3.03. The first-order valence-corrected chi connectivity index (χ1v) is 5.50. The first kappa shape index (κ1) is 16.5. The third-order valence-corrected chi connectivity index (χ3v) is 2.21. The number of ketones is 1. The van der Waals surface area contributed by atoms with Gasteiger partial charge in [0.25, 0.3) is 0 Å². The molecule has 0 saturated heterocycles. The molecule has 0 fully saturated rings. The molecule has 1 aromatic rings. The summed E-state index contributed by atoms with van der Waals surface area (Å²) >= 11 is 0. The number of carboxylic acid groups (broad SMARTS) is 1. The van der Waals surface area contributed by atoms with E-state index in [4.69, 9.17) is 5.11 Å². The molecule has 0 bridgehead atoms. The van der Waals surface area contributed by atoms with Gasteiger partial charge in [0.2, 0.25) is 5.91 Å². The predicted molar refractivity (Wildman–Crippen MR) is 62.7 cm³/mol. The second-order valence-electron chi connectivity index (χ2n) is 3.91. The van der Waals surface area contributed by atoms with E-state index in [0.717, 1.165) is 31.2 Å². The van der Waals surface area contributed by atoms with Gasteiger partial charge < -0.3 is 15.2 Å². The minimum Gasteiger partial charge on any atom is -0.479 e. The van der Waals surface area contributed by atoms with Crippen molar-refractivity contribution in [2.45, 2.75) is 19.3 Å². The number of ether oxygens (including phenoxy) is 1. The fourth-order valence-electron chi connectivity index (χ4n) is 1.46. The molecular weight excluding hydrogens is 295 g/mol. The van der Waals surface area contributed by atoms with Gasteiger partial charge in [-0.3, -0.25) is 9.59 Å². The highest BCUT2D eigenvalue weighted by molar-refractivity contribution is 6.13. The molecule has 114 valence electrons. The molecule has 0 aromatic heterocycles. The molecule has 0 radical (unpaired) electrons. The largest absolute Gasteiger partial charge is 0.573 e. The summed E-state index contributed by atoms with van der Waals surface area (Å²) in [5.74, 6) is -4.12. The van der Waals surface area contributed by atoms with Crippen LogP contribution in [0, 0.1) is 0 Å². The average molecular weight is 305 g/mol. The summed E-state index contributed by atoms with van der Waals surface area (Å²) in [6.07, 6.45) is -4.94. The molecule has 0 aliphatic rings. The number of halogens is 3. The van der Waals surface area contributed by atoms with Gasteiger partial charge in [-0.05, 0) is 12.1 Å². The van der Waals surface area contributed by atoms with Crippen LogP contribution in [0.5, 0.6) is 5.75 Å². The van der Waals surface area contributed by atoms with Gasteiger partial charge in [-0.15, -0.1) is 13.2 Å². The van der Waals surface area contributed by atoms with Crippen molar-refractivity contribution in [1.29, 1.82) is 0 Å². The number of benzene rings is 1. The average Bonchev–Trinajstić information content (AvgIpc) is 2.33. The summed E-state index contributed by atoms with van der Waals surface area (Å²) in [5, 5.41) is 10.8. The van der Waals surface area contributed by atoms with Crippen molar-refractivity contribution in [1.82, 2.24) is 5.32 Å². The second kappa shape index (κ2) is 6.25. The number of carbonyl (C=O) groups excluding carboxylic acids is 2. The third kappa shape index (κ3) is 5.13. The maximum atomic E-state index is 12.1. The number of alkyl halides is 3. The summed E-state index contributed by atoms with van der Waals surface area (Å²) in [7, 11) is 0. The maximum Gasteiger partial charge on any atom is 0.573 e. The lowest BCUT2D eigenvalue weighted by Crippen LogP contribution is -2.45. The van der Waals surface area contributed by atoms with Crippen LogP contribution in [0.2, 0.25) is 0 Å². The molecule has 6 nitrogen and oxygen atoms in total. The molecule has 1 rings (SSSR count). The zero-order valence-corrected chi connectivity index (χ0v) is 10.6. The quantitative estimate of drug-likeness (QED) is 0.633. The van der Waals surface area contributed by atoms with Gasteiger partial charge in [-0.25, -0.2) is 4.79 Å². The van der Waals surface area contributed by atoms with Gasteiger partial charge in [-0.2, -0.15) is 0 Å².